The summed E-state index contributed by atoms with van der Waals surface area (Å²) in [6, 6.07) is 0. The molecule has 0 spiro atoms. The highest BCUT2D eigenvalue weighted by atomic mass is 35.5. The number of hydrogen-bond donors (Lipinski definition) is 1. The maximum Gasteiger partial charge on any atom is 0.375 e. The van der Waals surface area contributed by atoms with Crippen LogP contribution < -0.4 is 0 Å². The second-order valence-electron chi connectivity index (χ2n) is 1.61. The van der Waals surface area contributed by atoms with Crippen LogP contribution in [-0.4, -0.2) is 28.6 Å². The molecule has 0 fully saturated rings. The molecule has 0 aromatic heterocycles. The molecule has 0 aliphatic carbocycles. The molecule has 11 heavy (non-hydrogen) atoms. The topological polar surface area (TPSA) is 46.5 Å². The van der Waals surface area contributed by atoms with E-state index in [1.165, 1.54) is 0 Å². The quantitative estimate of drug-likeness (QED) is 0.543. The summed E-state index contributed by atoms with van der Waals surface area (Å²) in [5.74, 6) is -1.71. The minimum absolute atomic E-state index is 0.790. The van der Waals surface area contributed by atoms with Crippen molar-refractivity contribution in [2.24, 2.45) is 0 Å². The predicted molar refractivity (Wildman–Crippen MR) is 33.6 cm³/mol. The van der Waals surface area contributed by atoms with Gasteiger partial charge in [0.1, 0.15) is 0 Å². The number of hydrogen-bond acceptors (Lipinski definition) is 3. The summed E-state index contributed by atoms with van der Waals surface area (Å²) < 4.78 is 27.8. The number of carbonyl (C=O) groups is 1. The smallest absolute Gasteiger partial charge is 0.375 e. The van der Waals surface area contributed by atoms with Crippen LogP contribution in [0.5, 0.6) is 0 Å². The third kappa shape index (κ3) is 2.15. The first-order chi connectivity index (χ1) is 4.73. The number of halogens is 4. The molecule has 0 rings (SSSR count). The Morgan fingerprint density at radius 3 is 2.00 bits per heavy atom. The molecule has 66 valence electrons. The Hall–Kier alpha value is -0.130. The van der Waals surface area contributed by atoms with E-state index in [1.54, 1.807) is 0 Å². The van der Waals surface area contributed by atoms with E-state index in [0.29, 0.717) is 0 Å². The molecule has 0 aromatic carbocycles. The summed E-state index contributed by atoms with van der Waals surface area (Å²) in [5, 5.41) is 0.756. The molecule has 0 amide bonds. The minimum atomic E-state index is -4.26. The van der Waals surface area contributed by atoms with E-state index < -0.39 is 16.4 Å². The lowest BCUT2D eigenvalue weighted by atomic mass is 10.3. The van der Waals surface area contributed by atoms with Crippen LogP contribution in [0.1, 0.15) is 0 Å². The van der Waals surface area contributed by atoms with Crippen LogP contribution in [0, 0.1) is 0 Å². The Labute approximate surface area is 70.8 Å². The van der Waals surface area contributed by atoms with Crippen LogP contribution in [0.4, 0.5) is 8.78 Å². The number of aliphatic hydroxyl groups is 1. The van der Waals surface area contributed by atoms with Crippen LogP contribution in [0.3, 0.4) is 0 Å². The Morgan fingerprint density at radius 1 is 1.55 bits per heavy atom. The highest BCUT2D eigenvalue weighted by Gasteiger charge is 2.57. The highest BCUT2D eigenvalue weighted by molar-refractivity contribution is 6.39. The van der Waals surface area contributed by atoms with Crippen LogP contribution in [0.15, 0.2) is 0 Å². The molecule has 0 aromatic rings. The van der Waals surface area contributed by atoms with Crippen molar-refractivity contribution < 1.29 is 23.4 Å². The van der Waals surface area contributed by atoms with Gasteiger partial charge in [0.25, 0.3) is 0 Å². The SMILES string of the molecule is COC(=O)C(O)(Cl)C(F)(F)Cl. The van der Waals surface area contributed by atoms with Gasteiger partial charge < -0.3 is 9.84 Å². The monoisotopic (exact) mass is 208 g/mol. The highest BCUT2D eigenvalue weighted by Crippen LogP contribution is 2.36. The lowest BCUT2D eigenvalue weighted by molar-refractivity contribution is -0.169. The second-order valence-corrected chi connectivity index (χ2v) is 2.63. The Kier molecular flexibility index (Phi) is 3.05. The maximum atomic E-state index is 12.0. The van der Waals surface area contributed by atoms with Gasteiger partial charge in [-0.05, 0) is 11.6 Å². The van der Waals surface area contributed by atoms with E-state index in [1.807, 2.05) is 0 Å². The number of ether oxygens (including phenoxy) is 1. The Bertz CT molecular complexity index is 165. The van der Waals surface area contributed by atoms with Gasteiger partial charge in [0.2, 0.25) is 0 Å². The summed E-state index contributed by atoms with van der Waals surface area (Å²) in [4.78, 5) is 10.3. The fourth-order valence-electron chi connectivity index (χ4n) is 0.251. The number of alkyl halides is 4. The van der Waals surface area contributed by atoms with Crippen molar-refractivity contribution in [1.82, 2.24) is 0 Å². The summed E-state index contributed by atoms with van der Waals surface area (Å²) in [6.45, 7) is 0. The van der Waals surface area contributed by atoms with Gasteiger partial charge in [0, 0.05) is 0 Å². The van der Waals surface area contributed by atoms with E-state index in [4.69, 9.17) is 5.11 Å². The third-order valence-corrected chi connectivity index (χ3v) is 1.59. The fraction of sp³-hybridized carbons (Fsp3) is 0.750. The van der Waals surface area contributed by atoms with Crippen LogP contribution >= 0.6 is 23.2 Å². The molecule has 0 bridgehead atoms. The summed E-state index contributed by atoms with van der Waals surface area (Å²) in [5.41, 5.74) is 0. The van der Waals surface area contributed by atoms with Gasteiger partial charge in [-0.3, -0.25) is 0 Å². The van der Waals surface area contributed by atoms with Crippen molar-refractivity contribution in [2.75, 3.05) is 7.11 Å². The lowest BCUT2D eigenvalue weighted by Crippen LogP contribution is -2.46. The molecule has 7 heteroatoms. The molecule has 0 aliphatic rings. The molecular weight excluding hydrogens is 205 g/mol. The maximum absolute atomic E-state index is 12.0. The van der Waals surface area contributed by atoms with E-state index >= 15 is 0 Å². The van der Waals surface area contributed by atoms with Crippen molar-refractivity contribution in [3.8, 4) is 0 Å². The molecule has 1 N–H and O–H groups in total. The fourth-order valence-corrected chi connectivity index (χ4v) is 0.405. The first-order valence-electron chi connectivity index (χ1n) is 2.30. The molecular formula is C4H4Cl2F2O3. The van der Waals surface area contributed by atoms with Gasteiger partial charge >= 0.3 is 16.4 Å². The van der Waals surface area contributed by atoms with Crippen molar-refractivity contribution in [3.05, 3.63) is 0 Å². The minimum Gasteiger partial charge on any atom is -0.466 e. The van der Waals surface area contributed by atoms with E-state index in [-0.39, 0.29) is 0 Å². The zero-order valence-corrected chi connectivity index (χ0v) is 6.79. The summed E-state index contributed by atoms with van der Waals surface area (Å²) >= 11 is 8.94. The predicted octanol–water partition coefficient (Wildman–Crippen LogP) is 0.918. The van der Waals surface area contributed by atoms with E-state index in [0.717, 1.165) is 7.11 Å². The second kappa shape index (κ2) is 3.08. The molecule has 0 aliphatic heterocycles. The van der Waals surface area contributed by atoms with Gasteiger partial charge in [-0.1, -0.05) is 11.6 Å². The van der Waals surface area contributed by atoms with Crippen molar-refractivity contribution in [1.29, 1.82) is 0 Å². The van der Waals surface area contributed by atoms with E-state index in [2.05, 4.69) is 27.9 Å². The molecule has 3 nitrogen and oxygen atoms in total. The molecule has 1 atom stereocenters. The summed E-state index contributed by atoms with van der Waals surface area (Å²) in [6.07, 6.45) is 0. The molecule has 0 radical (unpaired) electrons. The van der Waals surface area contributed by atoms with Crippen LogP contribution in [0.25, 0.3) is 0 Å². The van der Waals surface area contributed by atoms with Crippen LogP contribution in [-0.2, 0) is 9.53 Å². The molecule has 1 unspecified atom stereocenters. The Balaban J connectivity index is 4.59. The average Bonchev–Trinajstić information content (AvgIpc) is 1.83. The van der Waals surface area contributed by atoms with Crippen molar-refractivity contribution >= 4 is 29.2 Å². The normalized spacial score (nSPS) is 17.3. The van der Waals surface area contributed by atoms with Gasteiger partial charge in [0.15, 0.2) is 0 Å². The number of methoxy groups -OCH3 is 1. The standard InChI is InChI=1S/C4H4Cl2F2O3/c1-11-2(9)3(5,10)4(6,7)8/h10H,1H3. The number of esters is 1. The number of carbonyl (C=O) groups excluding carboxylic acids is 1. The largest absolute Gasteiger partial charge is 0.466 e. The first-order valence-corrected chi connectivity index (χ1v) is 3.05. The lowest BCUT2D eigenvalue weighted by Gasteiger charge is -2.21. The first kappa shape index (κ1) is 10.9. The van der Waals surface area contributed by atoms with Gasteiger partial charge in [-0.25, -0.2) is 4.79 Å². The van der Waals surface area contributed by atoms with Crippen molar-refractivity contribution in [3.63, 3.8) is 0 Å². The summed E-state index contributed by atoms with van der Waals surface area (Å²) in [7, 11) is 0.790. The third-order valence-electron chi connectivity index (χ3n) is 0.832. The number of rotatable bonds is 2. The molecule has 0 saturated carbocycles. The zero-order chi connectivity index (χ0) is 9.28. The molecule has 0 saturated heterocycles. The van der Waals surface area contributed by atoms with Crippen LogP contribution in [0.2, 0.25) is 0 Å². The van der Waals surface area contributed by atoms with Gasteiger partial charge in [0.05, 0.1) is 7.11 Å². The Morgan fingerprint density at radius 2 is 1.91 bits per heavy atom. The van der Waals surface area contributed by atoms with Crippen molar-refractivity contribution in [2.45, 2.75) is 10.4 Å². The van der Waals surface area contributed by atoms with Gasteiger partial charge in [-0.15, -0.1) is 0 Å². The van der Waals surface area contributed by atoms with E-state index in [9.17, 15) is 13.6 Å². The molecule has 0 heterocycles. The average molecular weight is 209 g/mol. The zero-order valence-electron chi connectivity index (χ0n) is 5.28. The van der Waals surface area contributed by atoms with Gasteiger partial charge in [-0.2, -0.15) is 8.78 Å².